The maximum absolute atomic E-state index is 5.79. The Morgan fingerprint density at radius 3 is 2.15 bits per heavy atom. The third kappa shape index (κ3) is 7.69. The number of hydrogen-bond acceptors (Lipinski definition) is 1. The van der Waals surface area contributed by atoms with Gasteiger partial charge in [0.1, 0.15) is 0 Å². The lowest BCUT2D eigenvalue weighted by atomic mass is 10.1. The molecular formula is C19H32O. The summed E-state index contributed by atoms with van der Waals surface area (Å²) in [6.07, 6.45) is 10.9. The molecule has 0 N–H and O–H groups in total. The van der Waals surface area contributed by atoms with Gasteiger partial charge in [0.2, 0.25) is 0 Å². The van der Waals surface area contributed by atoms with Crippen molar-refractivity contribution in [3.8, 4) is 0 Å². The fourth-order valence-electron chi connectivity index (χ4n) is 2.53. The molecule has 0 saturated heterocycles. The molecule has 0 radical (unpaired) electrons. The molecule has 0 aliphatic carbocycles. The standard InChI is InChI=1S/C19H32O/c1-4-5-6-7-8-9-10-11-14-20-16-19-13-12-17(2)15-18(19)3/h12-13,15H,4-11,14,16H2,1-3H3. The summed E-state index contributed by atoms with van der Waals surface area (Å²) in [5.41, 5.74) is 4.01. The summed E-state index contributed by atoms with van der Waals surface area (Å²) in [6, 6.07) is 6.59. The highest BCUT2D eigenvalue weighted by atomic mass is 16.5. The van der Waals surface area contributed by atoms with Crippen LogP contribution in [0, 0.1) is 13.8 Å². The summed E-state index contributed by atoms with van der Waals surface area (Å²) in [5, 5.41) is 0. The minimum Gasteiger partial charge on any atom is -0.377 e. The van der Waals surface area contributed by atoms with Crippen molar-refractivity contribution in [2.24, 2.45) is 0 Å². The van der Waals surface area contributed by atoms with Gasteiger partial charge in [0.05, 0.1) is 6.61 Å². The molecule has 0 spiro atoms. The number of unbranched alkanes of at least 4 members (excludes halogenated alkanes) is 7. The van der Waals surface area contributed by atoms with Gasteiger partial charge < -0.3 is 4.74 Å². The maximum atomic E-state index is 5.79. The molecule has 0 saturated carbocycles. The first kappa shape index (κ1) is 17.2. The highest BCUT2D eigenvalue weighted by Gasteiger charge is 1.98. The normalized spacial score (nSPS) is 10.9. The van der Waals surface area contributed by atoms with Crippen LogP contribution in [0.4, 0.5) is 0 Å². The van der Waals surface area contributed by atoms with E-state index in [9.17, 15) is 0 Å². The summed E-state index contributed by atoms with van der Waals surface area (Å²) in [4.78, 5) is 0. The van der Waals surface area contributed by atoms with Crippen LogP contribution in [-0.4, -0.2) is 6.61 Å². The zero-order chi connectivity index (χ0) is 14.6. The molecule has 1 nitrogen and oxygen atoms in total. The average molecular weight is 276 g/mol. The van der Waals surface area contributed by atoms with Crippen molar-refractivity contribution in [2.75, 3.05) is 6.61 Å². The molecule has 0 unspecified atom stereocenters. The van der Waals surface area contributed by atoms with E-state index in [1.165, 1.54) is 68.1 Å². The second-order valence-electron chi connectivity index (χ2n) is 5.96. The van der Waals surface area contributed by atoms with Crippen molar-refractivity contribution >= 4 is 0 Å². The van der Waals surface area contributed by atoms with Gasteiger partial charge in [-0.25, -0.2) is 0 Å². The molecule has 1 rings (SSSR count). The van der Waals surface area contributed by atoms with Gasteiger partial charge in [-0.05, 0) is 31.4 Å². The van der Waals surface area contributed by atoms with E-state index in [4.69, 9.17) is 4.74 Å². The van der Waals surface area contributed by atoms with E-state index in [2.05, 4.69) is 39.0 Å². The quantitative estimate of drug-likeness (QED) is 0.453. The summed E-state index contributed by atoms with van der Waals surface area (Å²) >= 11 is 0. The van der Waals surface area contributed by atoms with Gasteiger partial charge in [-0.15, -0.1) is 0 Å². The van der Waals surface area contributed by atoms with Crippen LogP contribution in [0.2, 0.25) is 0 Å². The average Bonchev–Trinajstić information content (AvgIpc) is 2.43. The third-order valence-electron chi connectivity index (χ3n) is 3.90. The van der Waals surface area contributed by atoms with E-state index in [-0.39, 0.29) is 0 Å². The Balaban J connectivity index is 1.97. The zero-order valence-corrected chi connectivity index (χ0v) is 13.7. The Morgan fingerprint density at radius 1 is 0.850 bits per heavy atom. The highest BCUT2D eigenvalue weighted by Crippen LogP contribution is 2.12. The number of rotatable bonds is 11. The molecule has 0 fully saturated rings. The Bertz CT molecular complexity index is 357. The van der Waals surface area contributed by atoms with Crippen LogP contribution in [0.5, 0.6) is 0 Å². The molecule has 1 aromatic rings. The first-order valence-electron chi connectivity index (χ1n) is 8.38. The number of hydrogen-bond donors (Lipinski definition) is 0. The van der Waals surface area contributed by atoms with Gasteiger partial charge in [0, 0.05) is 6.61 Å². The SMILES string of the molecule is CCCCCCCCCCOCc1ccc(C)cc1C. The van der Waals surface area contributed by atoms with Crippen LogP contribution in [0.25, 0.3) is 0 Å². The Kier molecular flexibility index (Phi) is 9.40. The fourth-order valence-corrected chi connectivity index (χ4v) is 2.53. The van der Waals surface area contributed by atoms with Crippen molar-refractivity contribution in [1.29, 1.82) is 0 Å². The second-order valence-corrected chi connectivity index (χ2v) is 5.96. The Labute approximate surface area is 125 Å². The lowest BCUT2D eigenvalue weighted by Crippen LogP contribution is -1.98. The Morgan fingerprint density at radius 2 is 1.50 bits per heavy atom. The molecule has 114 valence electrons. The van der Waals surface area contributed by atoms with Gasteiger partial charge >= 0.3 is 0 Å². The van der Waals surface area contributed by atoms with E-state index in [0.717, 1.165) is 13.2 Å². The smallest absolute Gasteiger partial charge is 0.0719 e. The minimum absolute atomic E-state index is 0.766. The molecule has 0 aromatic heterocycles. The minimum atomic E-state index is 0.766. The van der Waals surface area contributed by atoms with E-state index in [0.29, 0.717) is 0 Å². The van der Waals surface area contributed by atoms with Crippen LogP contribution >= 0.6 is 0 Å². The maximum Gasteiger partial charge on any atom is 0.0719 e. The molecule has 0 aliphatic rings. The van der Waals surface area contributed by atoms with E-state index < -0.39 is 0 Å². The number of ether oxygens (including phenoxy) is 1. The molecular weight excluding hydrogens is 244 g/mol. The Hall–Kier alpha value is -0.820. The van der Waals surface area contributed by atoms with Crippen molar-refractivity contribution in [2.45, 2.75) is 78.7 Å². The van der Waals surface area contributed by atoms with Crippen molar-refractivity contribution in [1.82, 2.24) is 0 Å². The van der Waals surface area contributed by atoms with Gasteiger partial charge in [0.15, 0.2) is 0 Å². The van der Waals surface area contributed by atoms with E-state index in [1.54, 1.807) is 0 Å². The fraction of sp³-hybridized carbons (Fsp3) is 0.684. The predicted molar refractivity (Wildman–Crippen MR) is 88.2 cm³/mol. The summed E-state index contributed by atoms with van der Waals surface area (Å²) < 4.78 is 5.79. The van der Waals surface area contributed by atoms with Gasteiger partial charge in [-0.2, -0.15) is 0 Å². The van der Waals surface area contributed by atoms with Crippen LogP contribution in [0.3, 0.4) is 0 Å². The number of benzene rings is 1. The van der Waals surface area contributed by atoms with Gasteiger partial charge in [-0.3, -0.25) is 0 Å². The van der Waals surface area contributed by atoms with Crippen LogP contribution < -0.4 is 0 Å². The van der Waals surface area contributed by atoms with E-state index >= 15 is 0 Å². The van der Waals surface area contributed by atoms with Crippen LogP contribution in [0.1, 0.15) is 75.0 Å². The first-order chi connectivity index (χ1) is 9.74. The predicted octanol–water partition coefficient (Wildman–Crippen LogP) is 5.96. The monoisotopic (exact) mass is 276 g/mol. The zero-order valence-electron chi connectivity index (χ0n) is 13.7. The molecule has 1 heteroatoms. The first-order valence-corrected chi connectivity index (χ1v) is 8.38. The highest BCUT2D eigenvalue weighted by molar-refractivity contribution is 5.29. The van der Waals surface area contributed by atoms with Crippen molar-refractivity contribution in [3.05, 3.63) is 34.9 Å². The molecule has 0 atom stereocenters. The van der Waals surface area contributed by atoms with Crippen molar-refractivity contribution in [3.63, 3.8) is 0 Å². The topological polar surface area (TPSA) is 9.23 Å². The van der Waals surface area contributed by atoms with Gasteiger partial charge in [0.25, 0.3) is 0 Å². The lowest BCUT2D eigenvalue weighted by molar-refractivity contribution is 0.116. The van der Waals surface area contributed by atoms with Crippen LogP contribution in [0.15, 0.2) is 18.2 Å². The second kappa shape index (κ2) is 10.9. The van der Waals surface area contributed by atoms with E-state index in [1.807, 2.05) is 0 Å². The summed E-state index contributed by atoms with van der Waals surface area (Å²) in [7, 11) is 0. The molecule has 0 aliphatic heterocycles. The molecule has 20 heavy (non-hydrogen) atoms. The largest absolute Gasteiger partial charge is 0.377 e. The van der Waals surface area contributed by atoms with Crippen LogP contribution in [-0.2, 0) is 11.3 Å². The van der Waals surface area contributed by atoms with Gasteiger partial charge in [-0.1, -0.05) is 75.6 Å². The molecule has 0 amide bonds. The number of aryl methyl sites for hydroxylation is 2. The molecule has 0 heterocycles. The third-order valence-corrected chi connectivity index (χ3v) is 3.90. The lowest BCUT2D eigenvalue weighted by Gasteiger charge is -2.08. The van der Waals surface area contributed by atoms with Crippen molar-refractivity contribution < 1.29 is 4.74 Å². The summed E-state index contributed by atoms with van der Waals surface area (Å²) in [5.74, 6) is 0. The summed E-state index contributed by atoms with van der Waals surface area (Å²) in [6.45, 7) is 8.25. The molecule has 1 aromatic carbocycles. The molecule has 0 bridgehead atoms.